The average Bonchev–Trinajstić information content (AvgIpc) is 2.81. The standard InChI is InChI=1S/C20H24BrF3N6O4/c1-12(34-15-9-27-28-18(32)17(15)21)10-33-11-16(31)29(2)14-3-5-30(6-4-14)19-25-7-13(8-26-19)20(22,23)24/h7-9,12,14H,3-6,10-11H2,1-2H3,(H,28,32)/t12-/m0/s1. The van der Waals surface area contributed by atoms with Crippen molar-refractivity contribution < 1.29 is 27.4 Å². The van der Waals surface area contributed by atoms with Gasteiger partial charge < -0.3 is 19.3 Å². The quantitative estimate of drug-likeness (QED) is 0.534. The lowest BCUT2D eigenvalue weighted by molar-refractivity contribution is -0.138. The van der Waals surface area contributed by atoms with Crippen molar-refractivity contribution in [2.45, 2.75) is 38.1 Å². The molecular formula is C20H24BrF3N6O4. The molecule has 10 nitrogen and oxygen atoms in total. The maximum Gasteiger partial charge on any atom is 0.419 e. The smallest absolute Gasteiger partial charge is 0.419 e. The third-order valence-electron chi connectivity index (χ3n) is 5.32. The number of halogens is 4. The molecule has 0 spiro atoms. The number of hydrogen-bond acceptors (Lipinski definition) is 8. The lowest BCUT2D eigenvalue weighted by Crippen LogP contribution is -2.47. The summed E-state index contributed by atoms with van der Waals surface area (Å²) in [5, 5.41) is 5.94. The van der Waals surface area contributed by atoms with Crippen molar-refractivity contribution in [3.63, 3.8) is 0 Å². The molecule has 1 aliphatic heterocycles. The van der Waals surface area contributed by atoms with Gasteiger partial charge in [-0.25, -0.2) is 15.1 Å². The molecule has 3 rings (SSSR count). The van der Waals surface area contributed by atoms with Crippen LogP contribution in [0.25, 0.3) is 0 Å². The van der Waals surface area contributed by atoms with Gasteiger partial charge in [-0.05, 0) is 35.7 Å². The molecule has 1 amide bonds. The summed E-state index contributed by atoms with van der Waals surface area (Å²) in [7, 11) is 1.69. The summed E-state index contributed by atoms with van der Waals surface area (Å²) in [4.78, 5) is 35.1. The highest BCUT2D eigenvalue weighted by molar-refractivity contribution is 9.10. The zero-order valence-corrected chi connectivity index (χ0v) is 20.1. The van der Waals surface area contributed by atoms with E-state index in [4.69, 9.17) is 9.47 Å². The molecule has 0 saturated carbocycles. The number of rotatable bonds is 8. The summed E-state index contributed by atoms with van der Waals surface area (Å²) in [6, 6.07) is -0.0338. The van der Waals surface area contributed by atoms with Crippen molar-refractivity contribution in [1.29, 1.82) is 0 Å². The van der Waals surface area contributed by atoms with E-state index in [2.05, 4.69) is 36.1 Å². The Kier molecular flexibility index (Phi) is 8.47. The van der Waals surface area contributed by atoms with Gasteiger partial charge in [0.25, 0.3) is 5.56 Å². The third kappa shape index (κ3) is 6.65. The maximum absolute atomic E-state index is 12.7. The Balaban J connectivity index is 1.41. The number of H-pyrrole nitrogens is 1. The van der Waals surface area contributed by atoms with E-state index in [1.54, 1.807) is 23.8 Å². The minimum Gasteiger partial charge on any atom is -0.485 e. The van der Waals surface area contributed by atoms with E-state index in [0.29, 0.717) is 25.9 Å². The highest BCUT2D eigenvalue weighted by atomic mass is 79.9. The molecule has 186 valence electrons. The van der Waals surface area contributed by atoms with Crippen molar-refractivity contribution in [2.24, 2.45) is 0 Å². The molecule has 0 radical (unpaired) electrons. The largest absolute Gasteiger partial charge is 0.485 e. The van der Waals surface area contributed by atoms with Crippen molar-refractivity contribution in [1.82, 2.24) is 25.1 Å². The van der Waals surface area contributed by atoms with Crippen LogP contribution in [-0.2, 0) is 15.7 Å². The van der Waals surface area contributed by atoms with Crippen molar-refractivity contribution >= 4 is 27.8 Å². The number of nitrogens with zero attached hydrogens (tertiary/aromatic N) is 5. The molecule has 3 heterocycles. The molecule has 14 heteroatoms. The molecule has 0 aliphatic carbocycles. The Morgan fingerprint density at radius 2 is 1.94 bits per heavy atom. The average molecular weight is 549 g/mol. The van der Waals surface area contributed by atoms with Crippen LogP contribution in [0.4, 0.5) is 19.1 Å². The van der Waals surface area contributed by atoms with Gasteiger partial charge in [-0.15, -0.1) is 0 Å². The molecule has 1 saturated heterocycles. The van der Waals surface area contributed by atoms with Gasteiger partial charge in [-0.3, -0.25) is 9.59 Å². The monoisotopic (exact) mass is 548 g/mol. The zero-order chi connectivity index (χ0) is 24.9. The molecule has 1 N–H and O–H groups in total. The van der Waals surface area contributed by atoms with E-state index < -0.39 is 23.4 Å². The predicted octanol–water partition coefficient (Wildman–Crippen LogP) is 2.25. The van der Waals surface area contributed by atoms with E-state index >= 15 is 0 Å². The molecule has 2 aromatic heterocycles. The van der Waals surface area contributed by atoms with Gasteiger partial charge in [0.05, 0.1) is 18.4 Å². The molecule has 0 aromatic carbocycles. The van der Waals surface area contributed by atoms with Crippen molar-refractivity contribution in [3.05, 3.63) is 39.0 Å². The number of nitrogens with one attached hydrogen (secondary N) is 1. The lowest BCUT2D eigenvalue weighted by Gasteiger charge is -2.36. The molecule has 1 fully saturated rings. The van der Waals surface area contributed by atoms with Gasteiger partial charge in [0.2, 0.25) is 11.9 Å². The Morgan fingerprint density at radius 3 is 2.56 bits per heavy atom. The minimum absolute atomic E-state index is 0.0338. The summed E-state index contributed by atoms with van der Waals surface area (Å²) in [6.45, 7) is 2.75. The van der Waals surface area contributed by atoms with E-state index in [9.17, 15) is 22.8 Å². The van der Waals surface area contributed by atoms with Crippen LogP contribution in [0.3, 0.4) is 0 Å². The fraction of sp³-hybridized carbons (Fsp3) is 0.550. The molecule has 1 atom stereocenters. The first kappa shape index (κ1) is 25.9. The van der Waals surface area contributed by atoms with Crippen LogP contribution < -0.4 is 15.2 Å². The van der Waals surface area contributed by atoms with Crippen molar-refractivity contribution in [2.75, 3.05) is 38.3 Å². The maximum atomic E-state index is 12.7. The molecule has 0 bridgehead atoms. The van der Waals surface area contributed by atoms with Gasteiger partial charge in [-0.1, -0.05) is 0 Å². The SMILES string of the molecule is C[C@@H](COCC(=O)N(C)C1CCN(c2ncc(C(F)(F)F)cn2)CC1)Oc1cn[nH]c(=O)c1Br. The number of aromatic nitrogens is 4. The van der Waals surface area contributed by atoms with Gasteiger partial charge in [0.15, 0.2) is 5.75 Å². The number of likely N-dealkylation sites (N-methyl/N-ethyl adjacent to an activating group) is 1. The van der Waals surface area contributed by atoms with Crippen LogP contribution in [-0.4, -0.2) is 76.5 Å². The number of alkyl halides is 3. The molecule has 34 heavy (non-hydrogen) atoms. The highest BCUT2D eigenvalue weighted by Gasteiger charge is 2.32. The number of hydrogen-bond donors (Lipinski definition) is 1. The lowest BCUT2D eigenvalue weighted by atomic mass is 10.0. The van der Waals surface area contributed by atoms with Crippen LogP contribution >= 0.6 is 15.9 Å². The number of amides is 1. The number of aromatic amines is 1. The summed E-state index contributed by atoms with van der Waals surface area (Å²) in [5.41, 5.74) is -1.31. The Morgan fingerprint density at radius 1 is 1.29 bits per heavy atom. The first-order chi connectivity index (χ1) is 16.1. The Hall–Kier alpha value is -2.74. The van der Waals surface area contributed by atoms with Crippen LogP contribution in [0.5, 0.6) is 5.75 Å². The molecule has 0 unspecified atom stereocenters. The van der Waals surface area contributed by atoms with Gasteiger partial charge in [0, 0.05) is 38.6 Å². The van der Waals surface area contributed by atoms with E-state index in [-0.39, 0.29) is 41.3 Å². The fourth-order valence-electron chi connectivity index (χ4n) is 3.40. The Labute approximate surface area is 201 Å². The van der Waals surface area contributed by atoms with Gasteiger partial charge in [-0.2, -0.15) is 18.3 Å². The highest BCUT2D eigenvalue weighted by Crippen LogP contribution is 2.29. The van der Waals surface area contributed by atoms with E-state index in [1.807, 2.05) is 0 Å². The van der Waals surface area contributed by atoms with E-state index in [0.717, 1.165) is 12.4 Å². The number of anilines is 1. The third-order valence-corrected chi connectivity index (χ3v) is 6.07. The summed E-state index contributed by atoms with van der Waals surface area (Å²) in [5.74, 6) is 0.308. The number of ether oxygens (including phenoxy) is 2. The topological polar surface area (TPSA) is 114 Å². The van der Waals surface area contributed by atoms with Crippen LogP contribution in [0.2, 0.25) is 0 Å². The van der Waals surface area contributed by atoms with E-state index in [1.165, 1.54) is 6.20 Å². The Bertz CT molecular complexity index is 1030. The van der Waals surface area contributed by atoms with Gasteiger partial charge in [0.1, 0.15) is 17.2 Å². The number of carbonyl (C=O) groups is 1. The summed E-state index contributed by atoms with van der Waals surface area (Å²) in [6.07, 6.45) is -0.747. The normalized spacial score (nSPS) is 15.8. The van der Waals surface area contributed by atoms with Crippen molar-refractivity contribution in [3.8, 4) is 5.75 Å². The second-order valence-corrected chi connectivity index (χ2v) is 8.61. The second-order valence-electron chi connectivity index (χ2n) is 7.81. The summed E-state index contributed by atoms with van der Waals surface area (Å²) < 4.78 is 49.3. The number of carbonyl (C=O) groups excluding carboxylic acids is 1. The van der Waals surface area contributed by atoms with Crippen LogP contribution in [0, 0.1) is 0 Å². The predicted molar refractivity (Wildman–Crippen MR) is 119 cm³/mol. The second kappa shape index (κ2) is 11.1. The summed E-state index contributed by atoms with van der Waals surface area (Å²) >= 11 is 3.13. The molecule has 1 aliphatic rings. The minimum atomic E-state index is -4.48. The van der Waals surface area contributed by atoms with Gasteiger partial charge >= 0.3 is 6.18 Å². The first-order valence-electron chi connectivity index (χ1n) is 10.4. The molecule has 2 aromatic rings. The van der Waals surface area contributed by atoms with Crippen LogP contribution in [0.15, 0.2) is 27.9 Å². The first-order valence-corrected chi connectivity index (χ1v) is 11.2. The number of piperidine rings is 1. The van der Waals surface area contributed by atoms with Crippen LogP contribution in [0.1, 0.15) is 25.3 Å². The fourth-order valence-corrected chi connectivity index (χ4v) is 3.69. The molecular weight excluding hydrogens is 525 g/mol. The zero-order valence-electron chi connectivity index (χ0n) is 18.5.